The first kappa shape index (κ1) is 18.4. The fourth-order valence-electron chi connectivity index (χ4n) is 2.44. The van der Waals surface area contributed by atoms with Crippen LogP contribution in [0.2, 0.25) is 0 Å². The molecule has 24 heavy (non-hydrogen) atoms. The van der Waals surface area contributed by atoms with Crippen LogP contribution in [0.1, 0.15) is 43.5 Å². The third kappa shape index (κ3) is 5.94. The van der Waals surface area contributed by atoms with Crippen molar-refractivity contribution in [3.8, 4) is 0 Å². The predicted molar refractivity (Wildman–Crippen MR) is 94.1 cm³/mol. The van der Waals surface area contributed by atoms with E-state index in [2.05, 4.69) is 22.9 Å². The van der Waals surface area contributed by atoms with Crippen LogP contribution >= 0.6 is 0 Å². The maximum Gasteiger partial charge on any atom is 0.251 e. The Kier molecular flexibility index (Phi) is 7.21. The maximum atomic E-state index is 12.1. The van der Waals surface area contributed by atoms with Crippen LogP contribution in [0.4, 0.5) is 5.69 Å². The summed E-state index contributed by atoms with van der Waals surface area (Å²) >= 11 is 0. The molecule has 0 radical (unpaired) electrons. The van der Waals surface area contributed by atoms with Crippen LogP contribution in [0.5, 0.6) is 0 Å². The molecule has 132 valence electrons. The van der Waals surface area contributed by atoms with Gasteiger partial charge in [-0.25, -0.2) is 0 Å². The van der Waals surface area contributed by atoms with E-state index in [1.165, 1.54) is 0 Å². The highest BCUT2D eigenvalue weighted by Gasteiger charge is 2.16. The number of amides is 2. The molecule has 0 bridgehead atoms. The molecule has 0 spiro atoms. The zero-order chi connectivity index (χ0) is 17.4. The van der Waals surface area contributed by atoms with E-state index in [4.69, 9.17) is 4.74 Å². The fourth-order valence-corrected chi connectivity index (χ4v) is 2.44. The number of carbonyl (C=O) groups is 2. The van der Waals surface area contributed by atoms with Crippen LogP contribution in [-0.4, -0.2) is 43.7 Å². The standard InChI is InChI=1S/C18H27N3O3/c1-3-13(2)19-12-17(22)21-15-8-6-14(7-9-15)18(23)20-11-16-5-4-10-24-16/h6-9,13,16,19H,3-5,10-12H2,1-2H3,(H,20,23)(H,21,22). The van der Waals surface area contributed by atoms with Crippen molar-refractivity contribution in [2.24, 2.45) is 0 Å². The summed E-state index contributed by atoms with van der Waals surface area (Å²) in [5.41, 5.74) is 1.25. The van der Waals surface area contributed by atoms with Crippen LogP contribution in [0.25, 0.3) is 0 Å². The molecule has 2 unspecified atom stereocenters. The molecule has 0 saturated carbocycles. The number of anilines is 1. The van der Waals surface area contributed by atoms with Gasteiger partial charge in [0.05, 0.1) is 12.6 Å². The number of ether oxygens (including phenoxy) is 1. The molecule has 6 heteroatoms. The molecular formula is C18H27N3O3. The van der Waals surface area contributed by atoms with Gasteiger partial charge in [-0.15, -0.1) is 0 Å². The monoisotopic (exact) mass is 333 g/mol. The smallest absolute Gasteiger partial charge is 0.251 e. The summed E-state index contributed by atoms with van der Waals surface area (Å²) in [5, 5.41) is 8.83. The molecule has 1 aliphatic rings. The van der Waals surface area contributed by atoms with E-state index in [9.17, 15) is 9.59 Å². The number of benzene rings is 1. The minimum absolute atomic E-state index is 0.0918. The van der Waals surface area contributed by atoms with Gasteiger partial charge in [0.15, 0.2) is 0 Å². The van der Waals surface area contributed by atoms with Crippen molar-refractivity contribution in [2.45, 2.75) is 45.3 Å². The fraction of sp³-hybridized carbons (Fsp3) is 0.556. The van der Waals surface area contributed by atoms with E-state index in [-0.39, 0.29) is 24.5 Å². The second kappa shape index (κ2) is 9.39. The molecule has 1 aromatic carbocycles. The lowest BCUT2D eigenvalue weighted by Crippen LogP contribution is -2.34. The molecule has 1 heterocycles. The van der Waals surface area contributed by atoms with Crippen LogP contribution in [0.3, 0.4) is 0 Å². The molecular weight excluding hydrogens is 306 g/mol. The van der Waals surface area contributed by atoms with E-state index in [0.29, 0.717) is 23.8 Å². The SMILES string of the molecule is CCC(C)NCC(=O)Nc1ccc(C(=O)NCC2CCCO2)cc1. The van der Waals surface area contributed by atoms with Gasteiger partial charge < -0.3 is 20.7 Å². The average Bonchev–Trinajstić information content (AvgIpc) is 3.11. The number of carbonyl (C=O) groups excluding carboxylic acids is 2. The van der Waals surface area contributed by atoms with Gasteiger partial charge in [0.2, 0.25) is 5.91 Å². The van der Waals surface area contributed by atoms with E-state index >= 15 is 0 Å². The lowest BCUT2D eigenvalue weighted by Gasteiger charge is -2.12. The number of hydrogen-bond acceptors (Lipinski definition) is 4. The first-order valence-corrected chi connectivity index (χ1v) is 8.61. The van der Waals surface area contributed by atoms with Crippen LogP contribution in [0, 0.1) is 0 Å². The average molecular weight is 333 g/mol. The van der Waals surface area contributed by atoms with Crippen molar-refractivity contribution in [1.29, 1.82) is 0 Å². The molecule has 2 atom stereocenters. The van der Waals surface area contributed by atoms with Gasteiger partial charge in [-0.2, -0.15) is 0 Å². The molecule has 1 saturated heterocycles. The van der Waals surface area contributed by atoms with Crippen LogP contribution in [0.15, 0.2) is 24.3 Å². The summed E-state index contributed by atoms with van der Waals surface area (Å²) in [5.74, 6) is -0.215. The highest BCUT2D eigenvalue weighted by Crippen LogP contribution is 2.12. The van der Waals surface area contributed by atoms with Gasteiger partial charge in [0.1, 0.15) is 0 Å². The lowest BCUT2D eigenvalue weighted by molar-refractivity contribution is -0.115. The zero-order valence-corrected chi connectivity index (χ0v) is 14.4. The summed E-state index contributed by atoms with van der Waals surface area (Å²) in [6.45, 7) is 5.70. The van der Waals surface area contributed by atoms with Crippen molar-refractivity contribution in [3.63, 3.8) is 0 Å². The highest BCUT2D eigenvalue weighted by atomic mass is 16.5. The topological polar surface area (TPSA) is 79.5 Å². The Bertz CT molecular complexity index is 539. The molecule has 2 amide bonds. The van der Waals surface area contributed by atoms with Gasteiger partial charge in [-0.1, -0.05) is 6.92 Å². The van der Waals surface area contributed by atoms with Gasteiger partial charge in [0, 0.05) is 30.4 Å². The van der Waals surface area contributed by atoms with Crippen molar-refractivity contribution in [3.05, 3.63) is 29.8 Å². The second-order valence-electron chi connectivity index (χ2n) is 6.16. The van der Waals surface area contributed by atoms with Gasteiger partial charge in [-0.05, 0) is 50.5 Å². The Morgan fingerprint density at radius 1 is 1.29 bits per heavy atom. The predicted octanol–water partition coefficient (Wildman–Crippen LogP) is 1.92. The molecule has 0 aliphatic carbocycles. The van der Waals surface area contributed by atoms with Gasteiger partial charge >= 0.3 is 0 Å². The molecule has 6 nitrogen and oxygen atoms in total. The van der Waals surface area contributed by atoms with Gasteiger partial charge in [-0.3, -0.25) is 9.59 Å². The molecule has 3 N–H and O–H groups in total. The normalized spacial score (nSPS) is 18.2. The summed E-state index contributed by atoms with van der Waals surface area (Å²) in [4.78, 5) is 23.9. The maximum absolute atomic E-state index is 12.1. The first-order chi connectivity index (χ1) is 11.6. The number of rotatable bonds is 8. The second-order valence-corrected chi connectivity index (χ2v) is 6.16. The first-order valence-electron chi connectivity index (χ1n) is 8.61. The summed E-state index contributed by atoms with van der Waals surface area (Å²) in [6.07, 6.45) is 3.16. The Morgan fingerprint density at radius 2 is 2.04 bits per heavy atom. The molecule has 1 aromatic rings. The quantitative estimate of drug-likeness (QED) is 0.679. The van der Waals surface area contributed by atoms with E-state index < -0.39 is 0 Å². The van der Waals surface area contributed by atoms with E-state index in [1.54, 1.807) is 24.3 Å². The Hall–Kier alpha value is -1.92. The number of hydrogen-bond donors (Lipinski definition) is 3. The largest absolute Gasteiger partial charge is 0.376 e. The Balaban J connectivity index is 1.76. The molecule has 1 aliphatic heterocycles. The third-order valence-corrected chi connectivity index (χ3v) is 4.17. The summed E-state index contributed by atoms with van der Waals surface area (Å²) in [6, 6.07) is 7.21. The molecule has 0 aromatic heterocycles. The van der Waals surface area contributed by atoms with Crippen LogP contribution in [-0.2, 0) is 9.53 Å². The van der Waals surface area contributed by atoms with Crippen molar-refractivity contribution in [1.82, 2.24) is 10.6 Å². The Morgan fingerprint density at radius 3 is 2.67 bits per heavy atom. The zero-order valence-electron chi connectivity index (χ0n) is 14.4. The van der Waals surface area contributed by atoms with E-state index in [1.807, 2.05) is 6.92 Å². The molecule has 1 fully saturated rings. The summed E-state index contributed by atoms with van der Waals surface area (Å²) in [7, 11) is 0. The van der Waals surface area contributed by atoms with E-state index in [0.717, 1.165) is 25.9 Å². The minimum Gasteiger partial charge on any atom is -0.376 e. The van der Waals surface area contributed by atoms with Gasteiger partial charge in [0.25, 0.3) is 5.91 Å². The minimum atomic E-state index is -0.123. The van der Waals surface area contributed by atoms with Crippen molar-refractivity contribution < 1.29 is 14.3 Å². The van der Waals surface area contributed by atoms with Crippen molar-refractivity contribution >= 4 is 17.5 Å². The summed E-state index contributed by atoms with van der Waals surface area (Å²) < 4.78 is 5.48. The highest BCUT2D eigenvalue weighted by molar-refractivity contribution is 5.96. The van der Waals surface area contributed by atoms with Crippen LogP contribution < -0.4 is 16.0 Å². The van der Waals surface area contributed by atoms with Crippen molar-refractivity contribution in [2.75, 3.05) is 25.0 Å². The molecule has 2 rings (SSSR count). The lowest BCUT2D eigenvalue weighted by atomic mass is 10.2. The number of nitrogens with one attached hydrogen (secondary N) is 3. The third-order valence-electron chi connectivity index (χ3n) is 4.17. The Labute approximate surface area is 143 Å².